The van der Waals surface area contributed by atoms with Crippen molar-refractivity contribution in [1.29, 1.82) is 0 Å². The molecular formula is C21H22N4O3. The molecule has 2 aromatic heterocycles. The molecule has 28 heavy (non-hydrogen) atoms. The van der Waals surface area contributed by atoms with E-state index in [2.05, 4.69) is 10.1 Å². The molecule has 2 aliphatic rings. The lowest BCUT2D eigenvalue weighted by atomic mass is 9.98. The van der Waals surface area contributed by atoms with E-state index >= 15 is 0 Å². The number of oxazole rings is 1. The average molecular weight is 378 g/mol. The molecule has 0 N–H and O–H groups in total. The van der Waals surface area contributed by atoms with Gasteiger partial charge in [-0.3, -0.25) is 9.59 Å². The van der Waals surface area contributed by atoms with Gasteiger partial charge in [0, 0.05) is 25.1 Å². The SMILES string of the molecule is O=C(Cn1nc(C2CC2)ccc1=O)N1CCCC(c2nc3ccccc3o2)C1. The Kier molecular flexibility index (Phi) is 4.22. The number of benzene rings is 1. The highest BCUT2D eigenvalue weighted by Gasteiger charge is 2.29. The summed E-state index contributed by atoms with van der Waals surface area (Å²) in [5.41, 5.74) is 2.29. The van der Waals surface area contributed by atoms with E-state index in [0.717, 1.165) is 42.5 Å². The van der Waals surface area contributed by atoms with Gasteiger partial charge in [0.25, 0.3) is 5.56 Å². The molecule has 3 aromatic rings. The molecule has 1 unspecified atom stereocenters. The minimum atomic E-state index is -0.231. The summed E-state index contributed by atoms with van der Waals surface area (Å²) in [4.78, 5) is 31.4. The third-order valence-corrected chi connectivity index (χ3v) is 5.60. The van der Waals surface area contributed by atoms with Gasteiger partial charge in [0.15, 0.2) is 11.5 Å². The summed E-state index contributed by atoms with van der Waals surface area (Å²) in [6, 6.07) is 11.0. The molecule has 5 rings (SSSR count). The topological polar surface area (TPSA) is 81.2 Å². The number of piperidine rings is 1. The first-order chi connectivity index (χ1) is 13.7. The van der Waals surface area contributed by atoms with Crippen molar-refractivity contribution in [3.8, 4) is 0 Å². The Hall–Kier alpha value is -2.96. The molecule has 1 atom stereocenters. The molecule has 3 heterocycles. The third-order valence-electron chi connectivity index (χ3n) is 5.60. The fourth-order valence-electron chi connectivity index (χ4n) is 3.87. The van der Waals surface area contributed by atoms with Crippen molar-refractivity contribution < 1.29 is 9.21 Å². The summed E-state index contributed by atoms with van der Waals surface area (Å²) in [5, 5.41) is 4.40. The summed E-state index contributed by atoms with van der Waals surface area (Å²) >= 11 is 0. The van der Waals surface area contributed by atoms with Crippen molar-refractivity contribution in [3.63, 3.8) is 0 Å². The summed E-state index contributed by atoms with van der Waals surface area (Å²) in [5.74, 6) is 1.13. The first-order valence-electron chi connectivity index (χ1n) is 9.89. The number of likely N-dealkylation sites (tertiary alicyclic amines) is 1. The van der Waals surface area contributed by atoms with E-state index in [1.54, 1.807) is 11.0 Å². The van der Waals surface area contributed by atoms with E-state index in [4.69, 9.17) is 4.42 Å². The van der Waals surface area contributed by atoms with Gasteiger partial charge in [0.2, 0.25) is 5.91 Å². The molecule has 2 fully saturated rings. The molecule has 1 aliphatic carbocycles. The molecule has 7 nitrogen and oxygen atoms in total. The summed E-state index contributed by atoms with van der Waals surface area (Å²) < 4.78 is 7.21. The van der Waals surface area contributed by atoms with Crippen LogP contribution in [-0.4, -0.2) is 38.7 Å². The molecule has 1 aliphatic heterocycles. The maximum Gasteiger partial charge on any atom is 0.267 e. The highest BCUT2D eigenvalue weighted by atomic mass is 16.3. The zero-order chi connectivity index (χ0) is 19.1. The smallest absolute Gasteiger partial charge is 0.267 e. The molecule has 144 valence electrons. The quantitative estimate of drug-likeness (QED) is 0.697. The van der Waals surface area contributed by atoms with Gasteiger partial charge in [-0.25, -0.2) is 9.67 Å². The third kappa shape index (κ3) is 3.32. The van der Waals surface area contributed by atoms with Gasteiger partial charge >= 0.3 is 0 Å². The second-order valence-electron chi connectivity index (χ2n) is 7.73. The predicted octanol–water partition coefficient (Wildman–Crippen LogP) is 2.67. The number of fused-ring (bicyclic) bond motifs is 1. The summed E-state index contributed by atoms with van der Waals surface area (Å²) in [6.45, 7) is 1.23. The Morgan fingerprint density at radius 2 is 1.96 bits per heavy atom. The number of para-hydroxylation sites is 2. The highest BCUT2D eigenvalue weighted by molar-refractivity contribution is 5.76. The normalized spacial score (nSPS) is 19.9. The van der Waals surface area contributed by atoms with Gasteiger partial charge < -0.3 is 9.32 Å². The van der Waals surface area contributed by atoms with Crippen LogP contribution in [0.5, 0.6) is 0 Å². The second kappa shape index (κ2) is 6.89. The molecule has 0 radical (unpaired) electrons. The Bertz CT molecular complexity index is 1050. The zero-order valence-electron chi connectivity index (χ0n) is 15.6. The Morgan fingerprint density at radius 3 is 2.79 bits per heavy atom. The van der Waals surface area contributed by atoms with Gasteiger partial charge in [-0.2, -0.15) is 5.10 Å². The van der Waals surface area contributed by atoms with Crippen molar-refractivity contribution in [2.45, 2.75) is 44.1 Å². The number of hydrogen-bond donors (Lipinski definition) is 0. The lowest BCUT2D eigenvalue weighted by Gasteiger charge is -2.31. The fourth-order valence-corrected chi connectivity index (χ4v) is 3.87. The zero-order valence-corrected chi connectivity index (χ0v) is 15.6. The Morgan fingerprint density at radius 1 is 1.11 bits per heavy atom. The van der Waals surface area contributed by atoms with E-state index in [1.165, 1.54) is 10.7 Å². The van der Waals surface area contributed by atoms with Crippen LogP contribution in [0.15, 0.2) is 45.6 Å². The van der Waals surface area contributed by atoms with Crippen LogP contribution in [0.4, 0.5) is 0 Å². The van der Waals surface area contributed by atoms with E-state index < -0.39 is 0 Å². The number of nitrogens with zero attached hydrogens (tertiary/aromatic N) is 4. The number of carbonyl (C=O) groups excluding carboxylic acids is 1. The fraction of sp³-hybridized carbons (Fsp3) is 0.429. The van der Waals surface area contributed by atoms with Gasteiger partial charge in [0.1, 0.15) is 12.1 Å². The van der Waals surface area contributed by atoms with E-state index in [0.29, 0.717) is 24.9 Å². The van der Waals surface area contributed by atoms with Crippen molar-refractivity contribution >= 4 is 17.0 Å². The van der Waals surface area contributed by atoms with Crippen LogP contribution in [0.1, 0.15) is 49.1 Å². The maximum absolute atomic E-state index is 12.8. The van der Waals surface area contributed by atoms with Crippen molar-refractivity contribution in [1.82, 2.24) is 19.7 Å². The highest BCUT2D eigenvalue weighted by Crippen LogP contribution is 2.38. The van der Waals surface area contributed by atoms with E-state index in [9.17, 15) is 9.59 Å². The second-order valence-corrected chi connectivity index (χ2v) is 7.73. The molecule has 1 saturated heterocycles. The van der Waals surface area contributed by atoms with E-state index in [-0.39, 0.29) is 23.9 Å². The van der Waals surface area contributed by atoms with Crippen molar-refractivity contribution in [2.24, 2.45) is 0 Å². The van der Waals surface area contributed by atoms with E-state index in [1.807, 2.05) is 24.3 Å². The maximum atomic E-state index is 12.8. The monoisotopic (exact) mass is 378 g/mol. The number of amides is 1. The molecule has 0 bridgehead atoms. The summed E-state index contributed by atoms with van der Waals surface area (Å²) in [6.07, 6.45) is 4.04. The van der Waals surface area contributed by atoms with Crippen LogP contribution in [0.2, 0.25) is 0 Å². The minimum absolute atomic E-state index is 0.0142. The van der Waals surface area contributed by atoms with Crippen LogP contribution >= 0.6 is 0 Å². The lowest BCUT2D eigenvalue weighted by molar-refractivity contribution is -0.133. The first-order valence-corrected chi connectivity index (χ1v) is 9.89. The van der Waals surface area contributed by atoms with Crippen molar-refractivity contribution in [3.05, 3.63) is 58.3 Å². The minimum Gasteiger partial charge on any atom is -0.440 e. The molecule has 0 spiro atoms. The Labute approximate surface area is 162 Å². The average Bonchev–Trinajstić information content (AvgIpc) is 3.47. The van der Waals surface area contributed by atoms with Crippen LogP contribution in [-0.2, 0) is 11.3 Å². The molecule has 1 saturated carbocycles. The van der Waals surface area contributed by atoms with Crippen LogP contribution < -0.4 is 5.56 Å². The molecular weight excluding hydrogens is 356 g/mol. The van der Waals surface area contributed by atoms with Crippen LogP contribution in [0.3, 0.4) is 0 Å². The van der Waals surface area contributed by atoms with Crippen molar-refractivity contribution in [2.75, 3.05) is 13.1 Å². The van der Waals surface area contributed by atoms with Gasteiger partial charge in [-0.1, -0.05) is 12.1 Å². The standard InChI is InChI=1S/C21H22N4O3/c26-19-10-9-16(14-7-8-14)23-25(19)13-20(27)24-11-3-4-15(12-24)21-22-17-5-1-2-6-18(17)28-21/h1-2,5-6,9-10,14-15H,3-4,7-8,11-13H2. The number of aromatic nitrogens is 3. The molecule has 1 aromatic carbocycles. The largest absolute Gasteiger partial charge is 0.440 e. The Balaban J connectivity index is 1.31. The number of rotatable bonds is 4. The van der Waals surface area contributed by atoms with Crippen LogP contribution in [0.25, 0.3) is 11.1 Å². The number of carbonyl (C=O) groups is 1. The predicted molar refractivity (Wildman–Crippen MR) is 103 cm³/mol. The van der Waals surface area contributed by atoms with Gasteiger partial charge in [0.05, 0.1) is 11.6 Å². The molecule has 1 amide bonds. The molecule has 7 heteroatoms. The van der Waals surface area contributed by atoms with Gasteiger partial charge in [-0.05, 0) is 43.9 Å². The van der Waals surface area contributed by atoms with Gasteiger partial charge in [-0.15, -0.1) is 0 Å². The summed E-state index contributed by atoms with van der Waals surface area (Å²) in [7, 11) is 0. The number of hydrogen-bond acceptors (Lipinski definition) is 5. The lowest BCUT2D eigenvalue weighted by Crippen LogP contribution is -2.42. The first kappa shape index (κ1) is 17.2. The van der Waals surface area contributed by atoms with Crippen LogP contribution in [0, 0.1) is 0 Å².